The normalized spacial score (nSPS) is 13.2. The van der Waals surface area contributed by atoms with Gasteiger partial charge in [0, 0.05) is 30.9 Å². The second-order valence-electron chi connectivity index (χ2n) is 4.59. The van der Waals surface area contributed by atoms with Crippen LogP contribution < -0.4 is 5.32 Å². The zero-order valence-corrected chi connectivity index (χ0v) is 11.0. The van der Waals surface area contributed by atoms with Crippen molar-refractivity contribution in [2.45, 2.75) is 39.3 Å². The van der Waals surface area contributed by atoms with Crippen molar-refractivity contribution >= 4 is 11.6 Å². The summed E-state index contributed by atoms with van der Waals surface area (Å²) in [5, 5.41) is 3.50. The first-order valence-electron chi connectivity index (χ1n) is 5.97. The number of hydrogen-bond donors (Lipinski definition) is 1. The Balaban J connectivity index is 2.09. The van der Waals surface area contributed by atoms with Gasteiger partial charge in [0.2, 0.25) is 0 Å². The number of aromatic nitrogens is 2. The third kappa shape index (κ3) is 5.52. The number of halogens is 1. The molecule has 0 aliphatic carbocycles. The highest BCUT2D eigenvalue weighted by atomic mass is 35.5. The van der Waals surface area contributed by atoms with Gasteiger partial charge < -0.3 is 9.88 Å². The third-order valence-electron chi connectivity index (χ3n) is 2.53. The summed E-state index contributed by atoms with van der Waals surface area (Å²) in [6, 6.07) is 0.449. The average molecular weight is 244 g/mol. The van der Waals surface area contributed by atoms with Gasteiger partial charge in [-0.1, -0.05) is 13.8 Å². The summed E-state index contributed by atoms with van der Waals surface area (Å²) in [4.78, 5) is 4.01. The highest BCUT2D eigenvalue weighted by Gasteiger charge is 2.08. The molecule has 1 aromatic rings. The van der Waals surface area contributed by atoms with Gasteiger partial charge in [-0.15, -0.1) is 11.6 Å². The van der Waals surface area contributed by atoms with E-state index in [-0.39, 0.29) is 0 Å². The Labute approximate surface area is 103 Å². The Morgan fingerprint density at radius 3 is 2.81 bits per heavy atom. The number of aryl methyl sites for hydroxylation is 1. The summed E-state index contributed by atoms with van der Waals surface area (Å²) in [5.41, 5.74) is 0. The van der Waals surface area contributed by atoms with Crippen molar-refractivity contribution in [1.29, 1.82) is 0 Å². The van der Waals surface area contributed by atoms with Gasteiger partial charge >= 0.3 is 0 Å². The fourth-order valence-electron chi connectivity index (χ4n) is 1.76. The van der Waals surface area contributed by atoms with Crippen LogP contribution in [0.15, 0.2) is 18.7 Å². The quantitative estimate of drug-likeness (QED) is 0.562. The van der Waals surface area contributed by atoms with Crippen molar-refractivity contribution in [2.75, 3.05) is 12.4 Å². The lowest BCUT2D eigenvalue weighted by Gasteiger charge is -2.18. The lowest BCUT2D eigenvalue weighted by atomic mass is 10.1. The Bertz CT molecular complexity index is 259. The summed E-state index contributed by atoms with van der Waals surface area (Å²) in [5.74, 6) is 1.40. The maximum Gasteiger partial charge on any atom is 0.0945 e. The van der Waals surface area contributed by atoms with Crippen LogP contribution in [0.4, 0.5) is 0 Å². The summed E-state index contributed by atoms with van der Waals surface area (Å²) >= 11 is 5.91. The van der Waals surface area contributed by atoms with Crippen LogP contribution in [0.25, 0.3) is 0 Å². The smallest absolute Gasteiger partial charge is 0.0945 e. The Morgan fingerprint density at radius 1 is 1.44 bits per heavy atom. The minimum absolute atomic E-state index is 0.449. The summed E-state index contributed by atoms with van der Waals surface area (Å²) in [6.45, 7) is 6.49. The standard InChI is InChI=1S/C12H22ClN3/c1-11(2)8-12(9-13)15-4-3-6-16-7-5-14-10-16/h5,7,10-12,15H,3-4,6,8-9H2,1-2H3. The Hall–Kier alpha value is -0.540. The van der Waals surface area contributed by atoms with Gasteiger partial charge in [-0.2, -0.15) is 0 Å². The number of rotatable bonds is 8. The number of nitrogens with zero attached hydrogens (tertiary/aromatic N) is 2. The van der Waals surface area contributed by atoms with Crippen LogP contribution in [0.3, 0.4) is 0 Å². The first kappa shape index (κ1) is 13.5. The van der Waals surface area contributed by atoms with E-state index in [4.69, 9.17) is 11.6 Å². The maximum atomic E-state index is 5.91. The molecule has 3 nitrogen and oxygen atoms in total. The van der Waals surface area contributed by atoms with Gasteiger partial charge in [-0.25, -0.2) is 4.98 Å². The minimum Gasteiger partial charge on any atom is -0.337 e. The summed E-state index contributed by atoms with van der Waals surface area (Å²) < 4.78 is 2.10. The monoisotopic (exact) mass is 243 g/mol. The molecule has 1 N–H and O–H groups in total. The second kappa shape index (κ2) is 7.69. The van der Waals surface area contributed by atoms with Crippen molar-refractivity contribution in [3.63, 3.8) is 0 Å². The van der Waals surface area contributed by atoms with Gasteiger partial charge in [0.25, 0.3) is 0 Å². The van der Waals surface area contributed by atoms with Crippen molar-refractivity contribution in [2.24, 2.45) is 5.92 Å². The molecule has 1 rings (SSSR count). The molecule has 0 aliphatic rings. The molecular formula is C12H22ClN3. The van der Waals surface area contributed by atoms with Gasteiger partial charge in [0.15, 0.2) is 0 Å². The van der Waals surface area contributed by atoms with E-state index >= 15 is 0 Å². The van der Waals surface area contributed by atoms with Crippen molar-refractivity contribution in [3.8, 4) is 0 Å². The van der Waals surface area contributed by atoms with Gasteiger partial charge in [0.1, 0.15) is 0 Å². The van der Waals surface area contributed by atoms with E-state index in [0.29, 0.717) is 17.8 Å². The molecule has 0 radical (unpaired) electrons. The summed E-state index contributed by atoms with van der Waals surface area (Å²) in [6.07, 6.45) is 7.92. The molecule has 0 spiro atoms. The lowest BCUT2D eigenvalue weighted by Crippen LogP contribution is -2.33. The van der Waals surface area contributed by atoms with E-state index < -0.39 is 0 Å². The van der Waals surface area contributed by atoms with Gasteiger partial charge in [-0.3, -0.25) is 0 Å². The lowest BCUT2D eigenvalue weighted by molar-refractivity contribution is 0.435. The maximum absolute atomic E-state index is 5.91. The van der Waals surface area contributed by atoms with E-state index in [1.54, 1.807) is 0 Å². The predicted octanol–water partition coefficient (Wildman–Crippen LogP) is 2.52. The molecule has 4 heteroatoms. The molecule has 0 fully saturated rings. The topological polar surface area (TPSA) is 29.9 Å². The zero-order valence-electron chi connectivity index (χ0n) is 10.2. The van der Waals surface area contributed by atoms with Crippen LogP contribution in [0.5, 0.6) is 0 Å². The van der Waals surface area contributed by atoms with Crippen LogP contribution in [0.2, 0.25) is 0 Å². The SMILES string of the molecule is CC(C)CC(CCl)NCCCn1ccnc1. The van der Waals surface area contributed by atoms with E-state index in [1.165, 1.54) is 0 Å². The zero-order chi connectivity index (χ0) is 11.8. The number of hydrogen-bond acceptors (Lipinski definition) is 2. The molecule has 0 bridgehead atoms. The summed E-state index contributed by atoms with van der Waals surface area (Å²) in [7, 11) is 0. The Kier molecular flexibility index (Phi) is 6.50. The molecule has 0 aromatic carbocycles. The van der Waals surface area contributed by atoms with Crippen LogP contribution in [-0.4, -0.2) is 28.0 Å². The number of imidazole rings is 1. The minimum atomic E-state index is 0.449. The first-order valence-corrected chi connectivity index (χ1v) is 6.51. The first-order chi connectivity index (χ1) is 7.72. The molecule has 92 valence electrons. The molecule has 0 aliphatic heterocycles. The fraction of sp³-hybridized carbons (Fsp3) is 0.750. The van der Waals surface area contributed by atoms with Crippen molar-refractivity contribution in [3.05, 3.63) is 18.7 Å². The second-order valence-corrected chi connectivity index (χ2v) is 4.90. The average Bonchev–Trinajstić information content (AvgIpc) is 2.74. The Morgan fingerprint density at radius 2 is 2.25 bits per heavy atom. The third-order valence-corrected chi connectivity index (χ3v) is 2.90. The molecular weight excluding hydrogens is 222 g/mol. The number of alkyl halides is 1. The molecule has 1 atom stereocenters. The molecule has 1 heterocycles. The van der Waals surface area contributed by atoms with Gasteiger partial charge in [0.05, 0.1) is 6.33 Å². The largest absolute Gasteiger partial charge is 0.337 e. The highest BCUT2D eigenvalue weighted by molar-refractivity contribution is 6.18. The van der Waals surface area contributed by atoms with Crippen molar-refractivity contribution < 1.29 is 0 Å². The molecule has 0 saturated heterocycles. The van der Waals surface area contributed by atoms with E-state index in [9.17, 15) is 0 Å². The van der Waals surface area contributed by atoms with Crippen LogP contribution >= 0.6 is 11.6 Å². The van der Waals surface area contributed by atoms with E-state index in [2.05, 4.69) is 28.7 Å². The predicted molar refractivity (Wildman–Crippen MR) is 68.8 cm³/mol. The van der Waals surface area contributed by atoms with Crippen LogP contribution in [-0.2, 0) is 6.54 Å². The molecule has 0 saturated carbocycles. The molecule has 16 heavy (non-hydrogen) atoms. The van der Waals surface area contributed by atoms with E-state index in [1.807, 2.05) is 18.7 Å². The van der Waals surface area contributed by atoms with Gasteiger partial charge in [-0.05, 0) is 25.3 Å². The van der Waals surface area contributed by atoms with E-state index in [0.717, 1.165) is 25.9 Å². The van der Waals surface area contributed by atoms with Crippen LogP contribution in [0, 0.1) is 5.92 Å². The molecule has 1 aromatic heterocycles. The molecule has 1 unspecified atom stereocenters. The molecule has 0 amide bonds. The van der Waals surface area contributed by atoms with Crippen molar-refractivity contribution in [1.82, 2.24) is 14.9 Å². The fourth-order valence-corrected chi connectivity index (χ4v) is 1.99. The van der Waals surface area contributed by atoms with Crippen LogP contribution in [0.1, 0.15) is 26.7 Å². The number of nitrogens with one attached hydrogen (secondary N) is 1. The highest BCUT2D eigenvalue weighted by Crippen LogP contribution is 2.06.